The summed E-state index contributed by atoms with van der Waals surface area (Å²) in [6, 6.07) is 1.81. The molecule has 2 aliphatic rings. The van der Waals surface area contributed by atoms with Gasteiger partial charge < -0.3 is 15.0 Å². The van der Waals surface area contributed by atoms with Crippen molar-refractivity contribution >= 4 is 17.3 Å². The molecule has 0 saturated carbocycles. The lowest BCUT2D eigenvalue weighted by Gasteiger charge is -2.40. The summed E-state index contributed by atoms with van der Waals surface area (Å²) in [6.45, 7) is 0.978. The highest BCUT2D eigenvalue weighted by Gasteiger charge is 2.37. The molecule has 1 aromatic carbocycles. The van der Waals surface area contributed by atoms with E-state index in [1.807, 2.05) is 0 Å². The Morgan fingerprint density at radius 3 is 3.06 bits per heavy atom. The van der Waals surface area contributed by atoms with Crippen LogP contribution in [-0.4, -0.2) is 31.7 Å². The second-order valence-electron chi connectivity index (χ2n) is 4.03. The van der Waals surface area contributed by atoms with Gasteiger partial charge >= 0.3 is 0 Å². The Hall–Kier alpha value is -1.69. The summed E-state index contributed by atoms with van der Waals surface area (Å²) in [6.07, 6.45) is 0. The fourth-order valence-electron chi connectivity index (χ4n) is 2.23. The van der Waals surface area contributed by atoms with E-state index in [0.717, 1.165) is 6.07 Å². The van der Waals surface area contributed by atoms with Gasteiger partial charge in [-0.25, -0.2) is 8.78 Å². The maximum atomic E-state index is 13.8. The smallest absolute Gasteiger partial charge is 0.249 e. The zero-order valence-corrected chi connectivity index (χ0v) is 8.87. The van der Waals surface area contributed by atoms with Gasteiger partial charge in [0.1, 0.15) is 11.7 Å². The molecular formula is C11H10F2N2O2. The van der Waals surface area contributed by atoms with Crippen LogP contribution in [0.4, 0.5) is 20.2 Å². The van der Waals surface area contributed by atoms with Gasteiger partial charge in [0.25, 0.3) is 0 Å². The second-order valence-corrected chi connectivity index (χ2v) is 4.03. The molecule has 90 valence electrons. The molecule has 0 bridgehead atoms. The predicted octanol–water partition coefficient (Wildman–Crippen LogP) is 1.12. The van der Waals surface area contributed by atoms with Gasteiger partial charge in [-0.3, -0.25) is 4.79 Å². The largest absolute Gasteiger partial charge is 0.377 e. The predicted molar refractivity (Wildman–Crippen MR) is 56.9 cm³/mol. The maximum Gasteiger partial charge on any atom is 0.249 e. The molecule has 1 saturated heterocycles. The van der Waals surface area contributed by atoms with Crippen LogP contribution in [0, 0.1) is 11.6 Å². The first-order valence-electron chi connectivity index (χ1n) is 5.32. The van der Waals surface area contributed by atoms with Crippen LogP contribution in [0.2, 0.25) is 0 Å². The van der Waals surface area contributed by atoms with E-state index in [1.54, 1.807) is 4.90 Å². The minimum atomic E-state index is -0.922. The Balaban J connectivity index is 2.14. The molecule has 0 aromatic heterocycles. The Morgan fingerprint density at radius 2 is 2.24 bits per heavy atom. The molecule has 1 unspecified atom stereocenters. The van der Waals surface area contributed by atoms with E-state index < -0.39 is 17.7 Å². The number of morpholine rings is 1. The number of halogens is 2. The van der Waals surface area contributed by atoms with Crippen molar-refractivity contribution in [3.63, 3.8) is 0 Å². The molecule has 0 radical (unpaired) electrons. The number of anilines is 2. The van der Waals surface area contributed by atoms with Gasteiger partial charge in [-0.2, -0.15) is 0 Å². The summed E-state index contributed by atoms with van der Waals surface area (Å²) >= 11 is 0. The van der Waals surface area contributed by atoms with E-state index in [9.17, 15) is 13.6 Å². The number of fused-ring (bicyclic) bond motifs is 3. The number of benzene rings is 1. The summed E-state index contributed by atoms with van der Waals surface area (Å²) in [5.41, 5.74) is 0.435. The third-order valence-electron chi connectivity index (χ3n) is 3.05. The third kappa shape index (κ3) is 1.48. The van der Waals surface area contributed by atoms with Crippen molar-refractivity contribution in [2.75, 3.05) is 30.0 Å². The molecule has 2 aliphatic heterocycles. The molecule has 0 spiro atoms. The van der Waals surface area contributed by atoms with E-state index in [1.165, 1.54) is 6.07 Å². The lowest BCUT2D eigenvalue weighted by atomic mass is 10.1. The normalized spacial score (nSPS) is 22.8. The Bertz CT molecular complexity index is 493. The standard InChI is InChI=1S/C11H10F2N2O2/c12-6-1-2-7-10(9(6)13)15-3-4-17-5-8(15)11(16)14-7/h1-2,8H,3-5H2,(H,14,16). The van der Waals surface area contributed by atoms with Crippen molar-refractivity contribution in [2.45, 2.75) is 6.04 Å². The Morgan fingerprint density at radius 1 is 1.41 bits per heavy atom. The highest BCUT2D eigenvalue weighted by molar-refractivity contribution is 6.03. The molecule has 2 heterocycles. The van der Waals surface area contributed by atoms with Crippen LogP contribution in [0.25, 0.3) is 0 Å². The average Bonchev–Trinajstić information content (AvgIpc) is 2.34. The zero-order valence-electron chi connectivity index (χ0n) is 8.87. The van der Waals surface area contributed by atoms with Crippen LogP contribution < -0.4 is 10.2 Å². The number of carbonyl (C=O) groups is 1. The molecule has 4 nitrogen and oxygen atoms in total. The van der Waals surface area contributed by atoms with Gasteiger partial charge in [0, 0.05) is 6.54 Å². The van der Waals surface area contributed by atoms with Crippen molar-refractivity contribution in [1.82, 2.24) is 0 Å². The number of rotatable bonds is 0. The van der Waals surface area contributed by atoms with Crippen LogP contribution >= 0.6 is 0 Å². The highest BCUT2D eigenvalue weighted by Crippen LogP contribution is 2.36. The lowest BCUT2D eigenvalue weighted by molar-refractivity contribution is -0.119. The number of amides is 1. The number of nitrogens with one attached hydrogen (secondary N) is 1. The summed E-state index contributed by atoms with van der Waals surface area (Å²) < 4.78 is 32.2. The number of carbonyl (C=O) groups excluding carboxylic acids is 1. The maximum absolute atomic E-state index is 13.8. The van der Waals surface area contributed by atoms with Crippen molar-refractivity contribution < 1.29 is 18.3 Å². The van der Waals surface area contributed by atoms with Gasteiger partial charge in [0.2, 0.25) is 5.91 Å². The van der Waals surface area contributed by atoms with Crippen LogP contribution in [0.15, 0.2) is 12.1 Å². The van der Waals surface area contributed by atoms with E-state index in [2.05, 4.69) is 5.32 Å². The highest BCUT2D eigenvalue weighted by atomic mass is 19.2. The molecule has 17 heavy (non-hydrogen) atoms. The molecule has 1 N–H and O–H groups in total. The van der Waals surface area contributed by atoms with Crippen LogP contribution in [0.5, 0.6) is 0 Å². The van der Waals surface area contributed by atoms with Crippen molar-refractivity contribution in [3.05, 3.63) is 23.8 Å². The van der Waals surface area contributed by atoms with E-state index in [-0.39, 0.29) is 18.2 Å². The summed E-state index contributed by atoms with van der Waals surface area (Å²) in [7, 11) is 0. The topological polar surface area (TPSA) is 41.6 Å². The average molecular weight is 240 g/mol. The first kappa shape index (κ1) is 10.5. The first-order valence-corrected chi connectivity index (χ1v) is 5.32. The molecular weight excluding hydrogens is 230 g/mol. The van der Waals surface area contributed by atoms with E-state index >= 15 is 0 Å². The molecule has 0 aliphatic carbocycles. The minimum Gasteiger partial charge on any atom is -0.377 e. The molecule has 1 fully saturated rings. The van der Waals surface area contributed by atoms with Crippen molar-refractivity contribution in [2.24, 2.45) is 0 Å². The Labute approximate surface area is 96.2 Å². The van der Waals surface area contributed by atoms with E-state index in [4.69, 9.17) is 4.74 Å². The van der Waals surface area contributed by atoms with Crippen LogP contribution in [0.1, 0.15) is 0 Å². The van der Waals surface area contributed by atoms with Gasteiger partial charge in [0.15, 0.2) is 11.6 Å². The van der Waals surface area contributed by atoms with Crippen molar-refractivity contribution in [1.29, 1.82) is 0 Å². The minimum absolute atomic E-state index is 0.123. The number of nitrogens with zero attached hydrogens (tertiary/aromatic N) is 1. The molecule has 3 rings (SSSR count). The van der Waals surface area contributed by atoms with Gasteiger partial charge in [-0.05, 0) is 12.1 Å². The molecule has 1 aromatic rings. The monoisotopic (exact) mass is 240 g/mol. The van der Waals surface area contributed by atoms with Crippen LogP contribution in [0.3, 0.4) is 0 Å². The summed E-state index contributed by atoms with van der Waals surface area (Å²) in [5, 5.41) is 2.56. The van der Waals surface area contributed by atoms with Gasteiger partial charge in [0.05, 0.1) is 18.9 Å². The van der Waals surface area contributed by atoms with E-state index in [0.29, 0.717) is 18.8 Å². The molecule has 6 heteroatoms. The first-order chi connectivity index (χ1) is 8.18. The quantitative estimate of drug-likeness (QED) is 0.739. The lowest BCUT2D eigenvalue weighted by Crippen LogP contribution is -2.55. The zero-order chi connectivity index (χ0) is 12.0. The number of hydrogen-bond donors (Lipinski definition) is 1. The molecule has 1 amide bonds. The second kappa shape index (κ2) is 3.66. The van der Waals surface area contributed by atoms with Crippen molar-refractivity contribution in [3.8, 4) is 0 Å². The fraction of sp³-hybridized carbons (Fsp3) is 0.364. The third-order valence-corrected chi connectivity index (χ3v) is 3.05. The number of hydrogen-bond acceptors (Lipinski definition) is 3. The number of ether oxygens (including phenoxy) is 1. The summed E-state index contributed by atoms with van der Waals surface area (Å²) in [5.74, 6) is -2.08. The fourth-order valence-corrected chi connectivity index (χ4v) is 2.23. The SMILES string of the molecule is O=C1Nc2ccc(F)c(F)c2N2CCOCC12. The van der Waals surface area contributed by atoms with Gasteiger partial charge in [-0.1, -0.05) is 0 Å². The van der Waals surface area contributed by atoms with Crippen LogP contribution in [-0.2, 0) is 9.53 Å². The Kier molecular flexibility index (Phi) is 2.25. The summed E-state index contributed by atoms with van der Waals surface area (Å²) in [4.78, 5) is 13.3. The van der Waals surface area contributed by atoms with Gasteiger partial charge in [-0.15, -0.1) is 0 Å². The molecule has 1 atom stereocenters.